The summed E-state index contributed by atoms with van der Waals surface area (Å²) in [5, 5.41) is 0. The highest BCUT2D eigenvalue weighted by Gasteiger charge is 2.15. The molecule has 0 bridgehead atoms. The molecule has 0 saturated carbocycles. The number of nitrogens with zero attached hydrogens (tertiary/aromatic N) is 1. The van der Waals surface area contributed by atoms with Crippen molar-refractivity contribution in [2.45, 2.75) is 13.8 Å². The number of nitrogens with two attached hydrogens (primary N) is 1. The number of imidazole rings is 1. The maximum Gasteiger partial charge on any atom is 0.422 e. The first-order chi connectivity index (χ1) is 8.04. The van der Waals surface area contributed by atoms with Crippen LogP contribution in [0, 0.1) is 6.92 Å². The Bertz CT molecular complexity index is 639. The number of carbonyl (C=O) groups excluding carboxylic acids is 1. The van der Waals surface area contributed by atoms with Crippen LogP contribution < -0.4 is 11.4 Å². The van der Waals surface area contributed by atoms with Crippen molar-refractivity contribution in [3.8, 4) is 0 Å². The third-order valence-electron chi connectivity index (χ3n) is 2.52. The number of fused-ring (bicyclic) bond motifs is 1. The van der Waals surface area contributed by atoms with Crippen molar-refractivity contribution in [3.63, 3.8) is 0 Å². The molecule has 1 heterocycles. The van der Waals surface area contributed by atoms with Gasteiger partial charge in [0, 0.05) is 5.69 Å². The summed E-state index contributed by atoms with van der Waals surface area (Å²) in [6, 6.07) is 3.31. The largest absolute Gasteiger partial charge is 0.449 e. The first kappa shape index (κ1) is 11.3. The molecule has 6 heteroatoms. The molecule has 0 unspecified atom stereocenters. The number of aromatic nitrogens is 2. The van der Waals surface area contributed by atoms with Gasteiger partial charge in [0.2, 0.25) is 0 Å². The summed E-state index contributed by atoms with van der Waals surface area (Å²) >= 11 is 0. The maximum absolute atomic E-state index is 11.6. The van der Waals surface area contributed by atoms with Crippen LogP contribution >= 0.6 is 0 Å². The highest BCUT2D eigenvalue weighted by atomic mass is 16.5. The minimum absolute atomic E-state index is 0.208. The van der Waals surface area contributed by atoms with Gasteiger partial charge >= 0.3 is 11.8 Å². The smallest absolute Gasteiger partial charge is 0.422 e. The normalized spacial score (nSPS) is 10.7. The number of H-pyrrole nitrogens is 1. The summed E-state index contributed by atoms with van der Waals surface area (Å²) in [7, 11) is 0. The molecule has 0 radical (unpaired) electrons. The zero-order chi connectivity index (χ0) is 12.6. The van der Waals surface area contributed by atoms with Gasteiger partial charge < -0.3 is 15.5 Å². The molecule has 0 spiro atoms. The van der Waals surface area contributed by atoms with E-state index in [-0.39, 0.29) is 6.61 Å². The number of aromatic amines is 1. The van der Waals surface area contributed by atoms with Crippen molar-refractivity contribution >= 4 is 22.8 Å². The van der Waals surface area contributed by atoms with Crippen molar-refractivity contribution in [2.75, 3.05) is 12.3 Å². The molecular formula is C11H13N3O3. The Morgan fingerprint density at radius 1 is 1.53 bits per heavy atom. The van der Waals surface area contributed by atoms with E-state index in [9.17, 15) is 9.59 Å². The molecule has 0 saturated heterocycles. The van der Waals surface area contributed by atoms with E-state index in [0.29, 0.717) is 16.7 Å². The van der Waals surface area contributed by atoms with Gasteiger partial charge in [0.1, 0.15) is 0 Å². The SMILES string of the molecule is CCOC(=O)n1c(=O)[nH]c2cc(C)c(N)cc21. The predicted octanol–water partition coefficient (Wildman–Crippen LogP) is 1.22. The Morgan fingerprint density at radius 3 is 2.88 bits per heavy atom. The van der Waals surface area contributed by atoms with Crippen LogP contribution in [0.3, 0.4) is 0 Å². The van der Waals surface area contributed by atoms with Gasteiger partial charge in [-0.05, 0) is 31.5 Å². The van der Waals surface area contributed by atoms with E-state index >= 15 is 0 Å². The molecule has 17 heavy (non-hydrogen) atoms. The number of aryl methyl sites for hydroxylation is 1. The summed E-state index contributed by atoms with van der Waals surface area (Å²) in [5.41, 5.74) is 7.59. The van der Waals surface area contributed by atoms with Crippen molar-refractivity contribution in [1.82, 2.24) is 9.55 Å². The molecule has 90 valence electrons. The average Bonchev–Trinajstić information content (AvgIpc) is 2.55. The van der Waals surface area contributed by atoms with E-state index in [1.807, 2.05) is 6.92 Å². The highest BCUT2D eigenvalue weighted by Crippen LogP contribution is 2.19. The molecule has 0 aliphatic heterocycles. The molecule has 0 atom stereocenters. The predicted molar refractivity (Wildman–Crippen MR) is 64.1 cm³/mol. The summed E-state index contributed by atoms with van der Waals surface area (Å²) in [5.74, 6) is 0. The molecule has 0 fully saturated rings. The van der Waals surface area contributed by atoms with Crippen LogP contribution in [-0.2, 0) is 4.74 Å². The van der Waals surface area contributed by atoms with Gasteiger partial charge in [-0.2, -0.15) is 4.57 Å². The van der Waals surface area contributed by atoms with Crippen molar-refractivity contribution in [3.05, 3.63) is 28.2 Å². The zero-order valence-electron chi connectivity index (χ0n) is 9.61. The van der Waals surface area contributed by atoms with Crippen molar-refractivity contribution in [2.24, 2.45) is 0 Å². The number of benzene rings is 1. The lowest BCUT2D eigenvalue weighted by molar-refractivity contribution is 0.154. The van der Waals surface area contributed by atoms with Gasteiger partial charge in [0.25, 0.3) is 0 Å². The van der Waals surface area contributed by atoms with Gasteiger partial charge in [-0.15, -0.1) is 0 Å². The fourth-order valence-electron chi connectivity index (χ4n) is 1.65. The molecule has 3 N–H and O–H groups in total. The number of carbonyl (C=O) groups is 1. The van der Waals surface area contributed by atoms with E-state index in [2.05, 4.69) is 4.98 Å². The second kappa shape index (κ2) is 3.97. The number of nitrogen functional groups attached to an aromatic ring is 1. The monoisotopic (exact) mass is 235 g/mol. The summed E-state index contributed by atoms with van der Waals surface area (Å²) in [6.07, 6.45) is -0.702. The Hall–Kier alpha value is -2.24. The number of hydrogen-bond donors (Lipinski definition) is 2. The fraction of sp³-hybridized carbons (Fsp3) is 0.273. The average molecular weight is 235 g/mol. The number of nitrogens with one attached hydrogen (secondary N) is 1. The summed E-state index contributed by atoms with van der Waals surface area (Å²) < 4.78 is 5.75. The summed E-state index contributed by atoms with van der Waals surface area (Å²) in [4.78, 5) is 25.8. The minimum Gasteiger partial charge on any atom is -0.449 e. The molecule has 0 aliphatic rings. The number of anilines is 1. The molecule has 0 amide bonds. The van der Waals surface area contributed by atoms with Crippen LogP contribution in [0.25, 0.3) is 11.0 Å². The topological polar surface area (TPSA) is 90.1 Å². The second-order valence-corrected chi connectivity index (χ2v) is 3.69. The number of ether oxygens (including phenoxy) is 1. The Morgan fingerprint density at radius 2 is 2.24 bits per heavy atom. The zero-order valence-corrected chi connectivity index (χ0v) is 9.61. The minimum atomic E-state index is -0.702. The molecule has 0 aliphatic carbocycles. The van der Waals surface area contributed by atoms with Crippen LogP contribution in [0.5, 0.6) is 0 Å². The Labute approximate surface area is 97.0 Å². The third-order valence-corrected chi connectivity index (χ3v) is 2.52. The van der Waals surface area contributed by atoms with Gasteiger partial charge in [0.05, 0.1) is 17.6 Å². The molecule has 6 nitrogen and oxygen atoms in total. The fourth-order valence-corrected chi connectivity index (χ4v) is 1.65. The molecule has 1 aromatic carbocycles. The van der Waals surface area contributed by atoms with Crippen LogP contribution in [-0.4, -0.2) is 22.3 Å². The number of hydrogen-bond acceptors (Lipinski definition) is 4. The van der Waals surface area contributed by atoms with Crippen LogP contribution in [0.4, 0.5) is 10.5 Å². The van der Waals surface area contributed by atoms with Gasteiger partial charge in [-0.1, -0.05) is 0 Å². The highest BCUT2D eigenvalue weighted by molar-refractivity contribution is 5.89. The van der Waals surface area contributed by atoms with Crippen LogP contribution in [0.15, 0.2) is 16.9 Å². The van der Waals surface area contributed by atoms with Gasteiger partial charge in [0.15, 0.2) is 0 Å². The number of rotatable bonds is 1. The lowest BCUT2D eigenvalue weighted by Gasteiger charge is -2.03. The van der Waals surface area contributed by atoms with E-state index in [1.54, 1.807) is 19.1 Å². The Balaban J connectivity index is 2.71. The Kier molecular flexibility index (Phi) is 2.63. The molecule has 2 aromatic rings. The van der Waals surface area contributed by atoms with Crippen LogP contribution in [0.1, 0.15) is 12.5 Å². The second-order valence-electron chi connectivity index (χ2n) is 3.69. The lowest BCUT2D eigenvalue weighted by atomic mass is 10.2. The van der Waals surface area contributed by atoms with E-state index in [1.165, 1.54) is 0 Å². The van der Waals surface area contributed by atoms with Crippen LogP contribution in [0.2, 0.25) is 0 Å². The first-order valence-corrected chi connectivity index (χ1v) is 5.22. The standard InChI is InChI=1S/C11H13N3O3/c1-3-17-11(16)14-9-5-7(12)6(2)4-8(9)13-10(14)15/h4-5H,3,12H2,1-2H3,(H,13,15). The van der Waals surface area contributed by atoms with Crippen molar-refractivity contribution in [1.29, 1.82) is 0 Å². The van der Waals surface area contributed by atoms with E-state index < -0.39 is 11.8 Å². The molecule has 2 rings (SSSR count). The molecule has 1 aromatic heterocycles. The third kappa shape index (κ3) is 1.77. The van der Waals surface area contributed by atoms with Crippen molar-refractivity contribution < 1.29 is 9.53 Å². The van der Waals surface area contributed by atoms with Gasteiger partial charge in [-0.25, -0.2) is 9.59 Å². The molecular weight excluding hydrogens is 222 g/mol. The summed E-state index contributed by atoms with van der Waals surface area (Å²) in [6.45, 7) is 3.71. The quantitative estimate of drug-likeness (QED) is 0.727. The van der Waals surface area contributed by atoms with Gasteiger partial charge in [-0.3, -0.25) is 0 Å². The van der Waals surface area contributed by atoms with E-state index in [4.69, 9.17) is 10.5 Å². The maximum atomic E-state index is 11.6. The van der Waals surface area contributed by atoms with E-state index in [0.717, 1.165) is 10.1 Å². The first-order valence-electron chi connectivity index (χ1n) is 5.22. The lowest BCUT2D eigenvalue weighted by Crippen LogP contribution is -2.25.